The van der Waals surface area contributed by atoms with Crippen LogP contribution in [0.15, 0.2) is 42.5 Å². The number of aliphatic hydroxyl groups excluding tert-OH is 1. The van der Waals surface area contributed by atoms with Gasteiger partial charge in [-0.3, -0.25) is 5.10 Å². The van der Waals surface area contributed by atoms with Crippen LogP contribution in [0.2, 0.25) is 0 Å². The highest BCUT2D eigenvalue weighted by atomic mass is 16.5. The molecule has 1 aliphatic carbocycles. The van der Waals surface area contributed by atoms with E-state index in [1.165, 1.54) is 11.1 Å². The second-order valence-corrected chi connectivity index (χ2v) is 7.80. The van der Waals surface area contributed by atoms with Crippen molar-refractivity contribution in [2.75, 3.05) is 13.2 Å². The first-order valence-corrected chi connectivity index (χ1v) is 10.3. The smallest absolute Gasteiger partial charge is 0.137 e. The van der Waals surface area contributed by atoms with Crippen LogP contribution in [0.25, 0.3) is 22.5 Å². The van der Waals surface area contributed by atoms with Crippen molar-refractivity contribution in [3.8, 4) is 34.3 Å². The predicted molar refractivity (Wildman–Crippen MR) is 116 cm³/mol. The standard InChI is InChI=1S/C24H26N4O2/c1-15(2)30-24-9-6-16(12-17(24)14-25)22-13-23(28-27-22)20-5-3-4-19-18(20)7-8-21(19)26-10-11-29/h3-6,9,12-13,15,21,26,29H,7-8,10-11H2,1-2H3,(H,27,28)/t21-/m0/s1. The molecule has 0 saturated heterocycles. The molecule has 6 heteroatoms. The van der Waals surface area contributed by atoms with Gasteiger partial charge in [-0.1, -0.05) is 18.2 Å². The summed E-state index contributed by atoms with van der Waals surface area (Å²) in [7, 11) is 0. The molecule has 6 nitrogen and oxygen atoms in total. The minimum Gasteiger partial charge on any atom is -0.490 e. The molecule has 0 spiro atoms. The Morgan fingerprint density at radius 1 is 1.30 bits per heavy atom. The van der Waals surface area contributed by atoms with Gasteiger partial charge >= 0.3 is 0 Å². The van der Waals surface area contributed by atoms with Crippen molar-refractivity contribution in [2.24, 2.45) is 0 Å². The van der Waals surface area contributed by atoms with Crippen molar-refractivity contribution >= 4 is 0 Å². The maximum atomic E-state index is 9.50. The Labute approximate surface area is 176 Å². The number of hydrogen-bond acceptors (Lipinski definition) is 5. The Bertz CT molecular complexity index is 1080. The van der Waals surface area contributed by atoms with Crippen molar-refractivity contribution in [3.05, 3.63) is 59.2 Å². The molecule has 1 aromatic heterocycles. The maximum Gasteiger partial charge on any atom is 0.137 e. The van der Waals surface area contributed by atoms with Gasteiger partial charge in [-0.25, -0.2) is 0 Å². The highest BCUT2D eigenvalue weighted by molar-refractivity contribution is 5.73. The van der Waals surface area contributed by atoms with E-state index >= 15 is 0 Å². The minimum atomic E-state index is 0.0100. The van der Waals surface area contributed by atoms with Gasteiger partial charge in [-0.05, 0) is 62.1 Å². The summed E-state index contributed by atoms with van der Waals surface area (Å²) in [5, 5.41) is 29.7. The van der Waals surface area contributed by atoms with Gasteiger partial charge in [0.15, 0.2) is 0 Å². The Morgan fingerprint density at radius 2 is 2.17 bits per heavy atom. The summed E-state index contributed by atoms with van der Waals surface area (Å²) in [5.74, 6) is 0.592. The number of aromatic amines is 1. The molecule has 1 aliphatic rings. The minimum absolute atomic E-state index is 0.0100. The quantitative estimate of drug-likeness (QED) is 0.556. The SMILES string of the molecule is CC(C)Oc1ccc(-c2cc(-c3cccc4c3CC[C@@H]4NCCO)[nH]n2)cc1C#N. The third kappa shape index (κ3) is 3.95. The number of rotatable bonds is 7. The second-order valence-electron chi connectivity index (χ2n) is 7.80. The molecule has 30 heavy (non-hydrogen) atoms. The summed E-state index contributed by atoms with van der Waals surface area (Å²) < 4.78 is 5.72. The van der Waals surface area contributed by atoms with E-state index < -0.39 is 0 Å². The number of ether oxygens (including phenoxy) is 1. The number of aromatic nitrogens is 2. The molecule has 3 N–H and O–H groups in total. The van der Waals surface area contributed by atoms with Gasteiger partial charge in [0.05, 0.1) is 29.7 Å². The lowest BCUT2D eigenvalue weighted by molar-refractivity contribution is 0.242. The molecule has 1 heterocycles. The molecule has 0 fully saturated rings. The van der Waals surface area contributed by atoms with Crippen LogP contribution in [0.3, 0.4) is 0 Å². The predicted octanol–water partition coefficient (Wildman–Crippen LogP) is 3.97. The number of H-pyrrole nitrogens is 1. The zero-order valence-corrected chi connectivity index (χ0v) is 17.3. The summed E-state index contributed by atoms with van der Waals surface area (Å²) in [6, 6.07) is 16.5. The molecule has 0 saturated carbocycles. The normalized spacial score (nSPS) is 15.2. The fourth-order valence-electron chi connectivity index (χ4n) is 4.10. The number of nitriles is 1. The van der Waals surface area contributed by atoms with E-state index in [0.717, 1.165) is 35.4 Å². The van der Waals surface area contributed by atoms with Crippen molar-refractivity contribution in [2.45, 2.75) is 38.8 Å². The van der Waals surface area contributed by atoms with Crippen LogP contribution in [0.1, 0.15) is 43.0 Å². The summed E-state index contributed by atoms with van der Waals surface area (Å²) in [6.07, 6.45) is 2.02. The van der Waals surface area contributed by atoms with E-state index in [1.807, 2.05) is 38.1 Å². The van der Waals surface area contributed by atoms with Gasteiger partial charge in [0, 0.05) is 23.7 Å². The zero-order chi connectivity index (χ0) is 21.1. The highest BCUT2D eigenvalue weighted by Gasteiger charge is 2.25. The van der Waals surface area contributed by atoms with Crippen LogP contribution in [-0.4, -0.2) is 34.6 Å². The van der Waals surface area contributed by atoms with Crippen LogP contribution in [0.5, 0.6) is 5.75 Å². The van der Waals surface area contributed by atoms with E-state index in [9.17, 15) is 5.26 Å². The van der Waals surface area contributed by atoms with Gasteiger partial charge in [-0.15, -0.1) is 0 Å². The van der Waals surface area contributed by atoms with Crippen LogP contribution in [0, 0.1) is 11.3 Å². The van der Waals surface area contributed by atoms with E-state index in [2.05, 4.69) is 39.8 Å². The van der Waals surface area contributed by atoms with E-state index in [4.69, 9.17) is 9.84 Å². The lowest BCUT2D eigenvalue weighted by Crippen LogP contribution is -2.22. The van der Waals surface area contributed by atoms with Crippen LogP contribution in [-0.2, 0) is 6.42 Å². The van der Waals surface area contributed by atoms with E-state index in [1.54, 1.807) is 0 Å². The summed E-state index contributed by atoms with van der Waals surface area (Å²) in [5.41, 5.74) is 6.90. The second kappa shape index (κ2) is 8.70. The summed E-state index contributed by atoms with van der Waals surface area (Å²) in [6.45, 7) is 4.62. The molecule has 0 unspecified atom stereocenters. The average Bonchev–Trinajstić information content (AvgIpc) is 3.39. The van der Waals surface area contributed by atoms with Gasteiger partial charge in [0.2, 0.25) is 0 Å². The van der Waals surface area contributed by atoms with Crippen LogP contribution in [0.4, 0.5) is 0 Å². The Balaban J connectivity index is 1.63. The summed E-state index contributed by atoms with van der Waals surface area (Å²) >= 11 is 0. The third-order valence-corrected chi connectivity index (χ3v) is 5.40. The molecule has 2 aromatic carbocycles. The van der Waals surface area contributed by atoms with E-state index in [-0.39, 0.29) is 18.8 Å². The number of nitrogens with one attached hydrogen (secondary N) is 2. The monoisotopic (exact) mass is 402 g/mol. The number of fused-ring (bicyclic) bond motifs is 1. The molecule has 0 bridgehead atoms. The Hall–Kier alpha value is -3.14. The largest absolute Gasteiger partial charge is 0.490 e. The fraction of sp³-hybridized carbons (Fsp3) is 0.333. The summed E-state index contributed by atoms with van der Waals surface area (Å²) in [4.78, 5) is 0. The molecule has 1 atom stereocenters. The molecule has 0 radical (unpaired) electrons. The maximum absolute atomic E-state index is 9.50. The number of aliphatic hydroxyl groups is 1. The number of benzene rings is 2. The van der Waals surface area contributed by atoms with Crippen molar-refractivity contribution in [1.29, 1.82) is 5.26 Å². The zero-order valence-electron chi connectivity index (χ0n) is 17.3. The first kappa shape index (κ1) is 20.1. The average molecular weight is 402 g/mol. The molecule has 4 rings (SSSR count). The molecular weight excluding hydrogens is 376 g/mol. The molecule has 154 valence electrons. The number of hydrogen-bond donors (Lipinski definition) is 3. The molecule has 3 aromatic rings. The number of nitrogens with zero attached hydrogens (tertiary/aromatic N) is 2. The molecular formula is C24H26N4O2. The van der Waals surface area contributed by atoms with Crippen molar-refractivity contribution in [1.82, 2.24) is 15.5 Å². The Kier molecular flexibility index (Phi) is 5.84. The van der Waals surface area contributed by atoms with Gasteiger partial charge < -0.3 is 15.2 Å². The topological polar surface area (TPSA) is 94.0 Å². The molecule has 0 aliphatic heterocycles. The van der Waals surface area contributed by atoms with Crippen LogP contribution < -0.4 is 10.1 Å². The highest BCUT2D eigenvalue weighted by Crippen LogP contribution is 2.38. The first-order chi connectivity index (χ1) is 14.6. The van der Waals surface area contributed by atoms with Gasteiger partial charge in [0.25, 0.3) is 0 Å². The lowest BCUT2D eigenvalue weighted by Gasteiger charge is -2.13. The van der Waals surface area contributed by atoms with Gasteiger partial charge in [-0.2, -0.15) is 10.4 Å². The first-order valence-electron chi connectivity index (χ1n) is 10.3. The Morgan fingerprint density at radius 3 is 2.93 bits per heavy atom. The van der Waals surface area contributed by atoms with Gasteiger partial charge in [0.1, 0.15) is 11.8 Å². The van der Waals surface area contributed by atoms with E-state index in [0.29, 0.717) is 17.9 Å². The van der Waals surface area contributed by atoms with Crippen molar-refractivity contribution in [3.63, 3.8) is 0 Å². The third-order valence-electron chi connectivity index (χ3n) is 5.40. The molecule has 0 amide bonds. The van der Waals surface area contributed by atoms with Crippen LogP contribution >= 0.6 is 0 Å². The van der Waals surface area contributed by atoms with Crippen molar-refractivity contribution < 1.29 is 9.84 Å². The fourth-order valence-corrected chi connectivity index (χ4v) is 4.10. The lowest BCUT2D eigenvalue weighted by atomic mass is 9.99.